The molecular weight excluding hydrogens is 335 g/mol. The summed E-state index contributed by atoms with van der Waals surface area (Å²) in [5.41, 5.74) is 0.309. The van der Waals surface area contributed by atoms with Crippen LogP contribution in [0.25, 0.3) is 22.6 Å². The molecule has 0 radical (unpaired) electrons. The predicted molar refractivity (Wildman–Crippen MR) is 84.8 cm³/mol. The van der Waals surface area contributed by atoms with Crippen molar-refractivity contribution in [1.29, 1.82) is 0 Å². The van der Waals surface area contributed by atoms with Crippen molar-refractivity contribution in [3.05, 3.63) is 41.9 Å². The first-order chi connectivity index (χ1) is 11.7. The van der Waals surface area contributed by atoms with E-state index in [9.17, 15) is 18.0 Å². The van der Waals surface area contributed by atoms with Crippen molar-refractivity contribution in [1.82, 2.24) is 24.4 Å². The number of aryl methyl sites for hydroxylation is 1. The molecule has 3 rings (SSSR count). The third kappa shape index (κ3) is 2.92. The first-order valence-electron chi connectivity index (χ1n) is 7.26. The molecule has 3 aromatic heterocycles. The van der Waals surface area contributed by atoms with Gasteiger partial charge >= 0.3 is 6.18 Å². The Morgan fingerprint density at radius 1 is 1.24 bits per heavy atom. The smallest absolute Gasteiger partial charge is 0.345 e. The summed E-state index contributed by atoms with van der Waals surface area (Å²) in [5, 5.41) is 0. The maximum absolute atomic E-state index is 12.9. The Labute approximate surface area is 140 Å². The van der Waals surface area contributed by atoms with Gasteiger partial charge in [-0.2, -0.15) is 13.2 Å². The van der Waals surface area contributed by atoms with Crippen LogP contribution in [0.1, 0.15) is 15.9 Å². The number of carbonyl (C=O) groups is 1. The van der Waals surface area contributed by atoms with Crippen LogP contribution in [0.15, 0.2) is 30.7 Å². The second kappa shape index (κ2) is 5.83. The molecular formula is C16H14F3N5O. The lowest BCUT2D eigenvalue weighted by atomic mass is 10.1. The fourth-order valence-electron chi connectivity index (χ4n) is 2.47. The third-order valence-corrected chi connectivity index (χ3v) is 3.73. The molecule has 25 heavy (non-hydrogen) atoms. The van der Waals surface area contributed by atoms with E-state index in [0.29, 0.717) is 22.6 Å². The number of alkyl halides is 3. The topological polar surface area (TPSA) is 63.9 Å². The summed E-state index contributed by atoms with van der Waals surface area (Å²) in [7, 11) is 4.84. The number of aromatic nitrogens is 4. The van der Waals surface area contributed by atoms with Gasteiger partial charge in [-0.15, -0.1) is 0 Å². The van der Waals surface area contributed by atoms with Gasteiger partial charge in [0.1, 0.15) is 11.3 Å². The van der Waals surface area contributed by atoms with Gasteiger partial charge in [0, 0.05) is 45.3 Å². The fraction of sp³-hybridized carbons (Fsp3) is 0.250. The number of nitrogens with zero attached hydrogens (tertiary/aromatic N) is 5. The van der Waals surface area contributed by atoms with Gasteiger partial charge in [-0.3, -0.25) is 9.78 Å². The molecule has 0 fully saturated rings. The lowest BCUT2D eigenvalue weighted by Crippen LogP contribution is -2.22. The Bertz CT molecular complexity index is 962. The maximum atomic E-state index is 12.9. The number of rotatable bonds is 2. The Balaban J connectivity index is 2.21. The fourth-order valence-corrected chi connectivity index (χ4v) is 2.47. The lowest BCUT2D eigenvalue weighted by molar-refractivity contribution is -0.137. The van der Waals surface area contributed by atoms with Gasteiger partial charge < -0.3 is 9.47 Å². The van der Waals surface area contributed by atoms with Crippen molar-refractivity contribution < 1.29 is 18.0 Å². The Kier molecular flexibility index (Phi) is 3.94. The molecule has 9 heteroatoms. The average molecular weight is 349 g/mol. The van der Waals surface area contributed by atoms with Gasteiger partial charge in [0.05, 0.1) is 11.1 Å². The highest BCUT2D eigenvalue weighted by Gasteiger charge is 2.32. The van der Waals surface area contributed by atoms with Crippen molar-refractivity contribution in [3.8, 4) is 11.4 Å². The van der Waals surface area contributed by atoms with E-state index in [2.05, 4.69) is 15.0 Å². The number of fused-ring (bicyclic) bond motifs is 1. The molecule has 1 amide bonds. The number of imidazole rings is 1. The largest absolute Gasteiger partial charge is 0.417 e. The number of hydrogen-bond donors (Lipinski definition) is 0. The molecule has 0 atom stereocenters. The third-order valence-electron chi connectivity index (χ3n) is 3.73. The van der Waals surface area contributed by atoms with Crippen LogP contribution in [0, 0.1) is 0 Å². The standard InChI is InChI=1S/C16H14F3N5O/c1-23(2)15(25)11-8-20-5-4-10(11)13-22-12-6-9(16(17,18)19)7-21-14(12)24(13)3/h4-8H,1-3H3. The lowest BCUT2D eigenvalue weighted by Gasteiger charge is -2.13. The summed E-state index contributed by atoms with van der Waals surface area (Å²) in [6, 6.07) is 2.54. The van der Waals surface area contributed by atoms with E-state index in [1.54, 1.807) is 31.8 Å². The summed E-state index contributed by atoms with van der Waals surface area (Å²) in [4.78, 5) is 25.8. The molecule has 3 heterocycles. The number of carbonyl (C=O) groups excluding carboxylic acids is 1. The van der Waals surface area contributed by atoms with Gasteiger partial charge in [-0.05, 0) is 12.1 Å². The summed E-state index contributed by atoms with van der Waals surface area (Å²) >= 11 is 0. The van der Waals surface area contributed by atoms with Gasteiger partial charge in [-0.25, -0.2) is 9.97 Å². The van der Waals surface area contributed by atoms with Crippen molar-refractivity contribution >= 4 is 17.1 Å². The van der Waals surface area contributed by atoms with Crippen LogP contribution in [-0.2, 0) is 13.2 Å². The number of amides is 1. The summed E-state index contributed by atoms with van der Waals surface area (Å²) < 4.78 is 40.2. The van der Waals surface area contributed by atoms with Crippen LogP contribution in [0.2, 0.25) is 0 Å². The Hall–Kier alpha value is -2.97. The number of hydrogen-bond acceptors (Lipinski definition) is 4. The number of pyridine rings is 2. The van der Waals surface area contributed by atoms with Gasteiger partial charge in [0.2, 0.25) is 0 Å². The molecule has 0 unspecified atom stereocenters. The minimum Gasteiger partial charge on any atom is -0.345 e. The maximum Gasteiger partial charge on any atom is 0.417 e. The van der Waals surface area contributed by atoms with E-state index in [0.717, 1.165) is 12.3 Å². The van der Waals surface area contributed by atoms with E-state index < -0.39 is 11.7 Å². The summed E-state index contributed by atoms with van der Waals surface area (Å²) in [6.07, 6.45) is -0.824. The normalized spacial score (nSPS) is 11.8. The average Bonchev–Trinajstić information content (AvgIpc) is 2.89. The summed E-state index contributed by atoms with van der Waals surface area (Å²) in [6.45, 7) is 0. The van der Waals surface area contributed by atoms with Crippen molar-refractivity contribution in [2.45, 2.75) is 6.18 Å². The van der Waals surface area contributed by atoms with E-state index >= 15 is 0 Å². The highest BCUT2D eigenvalue weighted by Crippen LogP contribution is 2.32. The molecule has 0 aromatic carbocycles. The first-order valence-corrected chi connectivity index (χ1v) is 7.26. The van der Waals surface area contributed by atoms with Gasteiger partial charge in [0.25, 0.3) is 5.91 Å². The van der Waals surface area contributed by atoms with E-state index in [1.807, 2.05) is 0 Å². The summed E-state index contributed by atoms with van der Waals surface area (Å²) in [5.74, 6) is 0.0634. The molecule has 0 aliphatic heterocycles. The zero-order valence-electron chi connectivity index (χ0n) is 13.7. The van der Waals surface area contributed by atoms with Crippen LogP contribution in [-0.4, -0.2) is 44.4 Å². The van der Waals surface area contributed by atoms with Crippen LogP contribution in [0.3, 0.4) is 0 Å². The monoisotopic (exact) mass is 349 g/mol. The first kappa shape index (κ1) is 16.9. The molecule has 0 spiro atoms. The minimum absolute atomic E-state index is 0.104. The van der Waals surface area contributed by atoms with Crippen molar-refractivity contribution in [3.63, 3.8) is 0 Å². The molecule has 0 bridgehead atoms. The molecule has 130 valence electrons. The van der Waals surface area contributed by atoms with E-state index in [4.69, 9.17) is 0 Å². The van der Waals surface area contributed by atoms with Crippen molar-refractivity contribution in [2.24, 2.45) is 7.05 Å². The van der Waals surface area contributed by atoms with E-state index in [1.165, 1.54) is 17.3 Å². The molecule has 0 aliphatic carbocycles. The molecule has 0 aliphatic rings. The molecule has 6 nitrogen and oxygen atoms in total. The SMILES string of the molecule is CN(C)C(=O)c1cnccc1-c1nc2cc(C(F)(F)F)cnc2n1C. The minimum atomic E-state index is -4.50. The second-order valence-corrected chi connectivity index (χ2v) is 5.68. The zero-order chi connectivity index (χ0) is 18.4. The molecule has 0 N–H and O–H groups in total. The molecule has 3 aromatic rings. The quantitative estimate of drug-likeness (QED) is 0.714. The predicted octanol–water partition coefficient (Wildman–Crippen LogP) is 2.75. The van der Waals surface area contributed by atoms with E-state index in [-0.39, 0.29) is 11.4 Å². The molecule has 0 saturated carbocycles. The van der Waals surface area contributed by atoms with Crippen LogP contribution >= 0.6 is 0 Å². The highest BCUT2D eigenvalue weighted by atomic mass is 19.4. The van der Waals surface area contributed by atoms with Crippen molar-refractivity contribution in [2.75, 3.05) is 14.1 Å². The van der Waals surface area contributed by atoms with Gasteiger partial charge in [0.15, 0.2) is 5.65 Å². The highest BCUT2D eigenvalue weighted by molar-refractivity contribution is 6.00. The second-order valence-electron chi connectivity index (χ2n) is 5.68. The number of halogens is 3. The Morgan fingerprint density at radius 2 is 1.96 bits per heavy atom. The molecule has 0 saturated heterocycles. The van der Waals surface area contributed by atoms with Crippen LogP contribution < -0.4 is 0 Å². The zero-order valence-corrected chi connectivity index (χ0v) is 13.7. The van der Waals surface area contributed by atoms with Crippen LogP contribution in [0.5, 0.6) is 0 Å². The Morgan fingerprint density at radius 3 is 2.60 bits per heavy atom. The van der Waals surface area contributed by atoms with Gasteiger partial charge in [-0.1, -0.05) is 0 Å². The van der Waals surface area contributed by atoms with Crippen LogP contribution in [0.4, 0.5) is 13.2 Å².